The zero-order valence-electron chi connectivity index (χ0n) is 20.8. The molecular formula is C25H33N7O3. The minimum Gasteiger partial charge on any atom is -0.444 e. The van der Waals surface area contributed by atoms with Crippen LogP contribution in [-0.2, 0) is 11.8 Å². The highest BCUT2D eigenvalue weighted by Crippen LogP contribution is 2.24. The number of benzene rings is 1. The molecular weight excluding hydrogens is 446 g/mol. The van der Waals surface area contributed by atoms with Gasteiger partial charge >= 0.3 is 11.8 Å². The number of nitrogens with zero attached hydrogens (tertiary/aromatic N) is 5. The number of fused-ring (bicyclic) bond motifs is 2. The largest absolute Gasteiger partial charge is 0.444 e. The number of likely N-dealkylation sites (tertiary alicyclic amines) is 1. The molecule has 1 aliphatic rings. The summed E-state index contributed by atoms with van der Waals surface area (Å²) >= 11 is 0. The molecule has 0 saturated carbocycles. The highest BCUT2D eigenvalue weighted by molar-refractivity contribution is 5.85. The Morgan fingerprint density at radius 3 is 2.66 bits per heavy atom. The topological polar surface area (TPSA) is 118 Å². The van der Waals surface area contributed by atoms with Gasteiger partial charge in [0.2, 0.25) is 5.95 Å². The first-order chi connectivity index (χ1) is 16.6. The number of imidazole rings is 1. The number of carbonyl (C=O) groups is 1. The first kappa shape index (κ1) is 24.2. The van der Waals surface area contributed by atoms with Crippen molar-refractivity contribution >= 4 is 39.8 Å². The number of hydrogen-bond donors (Lipinski definition) is 2. The lowest BCUT2D eigenvalue weighted by molar-refractivity contribution is 0.0295. The number of H-pyrrole nitrogens is 1. The van der Waals surface area contributed by atoms with Crippen LogP contribution in [0.2, 0.25) is 0 Å². The first-order valence-electron chi connectivity index (χ1n) is 11.6. The Morgan fingerprint density at radius 1 is 1.20 bits per heavy atom. The Bertz CT molecular complexity index is 1420. The third kappa shape index (κ3) is 5.76. The number of rotatable bonds is 2. The number of pyridine rings is 1. The van der Waals surface area contributed by atoms with E-state index < -0.39 is 0 Å². The summed E-state index contributed by atoms with van der Waals surface area (Å²) in [7, 11) is 1.68. The average Bonchev–Trinajstić information content (AvgIpc) is 3.42. The molecule has 2 N–H and O–H groups in total. The van der Waals surface area contributed by atoms with E-state index in [0.29, 0.717) is 17.1 Å². The molecule has 0 radical (unpaired) electrons. The van der Waals surface area contributed by atoms with Gasteiger partial charge in [0.05, 0.1) is 11.7 Å². The maximum absolute atomic E-state index is 11.6. The van der Waals surface area contributed by atoms with Gasteiger partial charge in [0, 0.05) is 38.8 Å². The fourth-order valence-electron chi connectivity index (χ4n) is 3.77. The van der Waals surface area contributed by atoms with E-state index in [0.717, 1.165) is 48.1 Å². The fraction of sp³-hybridized carbons (Fsp3) is 0.400. The lowest BCUT2D eigenvalue weighted by Crippen LogP contribution is -2.34. The van der Waals surface area contributed by atoms with Crippen molar-refractivity contribution in [1.82, 2.24) is 29.4 Å². The molecule has 10 nitrogen and oxygen atoms in total. The zero-order chi connectivity index (χ0) is 25.2. The Hall–Kier alpha value is -3.95. The molecule has 1 amide bonds. The number of nitrogens with one attached hydrogen (secondary N) is 2. The van der Waals surface area contributed by atoms with Crippen LogP contribution >= 0.6 is 0 Å². The van der Waals surface area contributed by atoms with E-state index in [2.05, 4.69) is 25.3 Å². The quantitative estimate of drug-likeness (QED) is 0.434. The summed E-state index contributed by atoms with van der Waals surface area (Å²) in [6, 6.07) is 7.93. The van der Waals surface area contributed by atoms with Crippen LogP contribution < -0.4 is 11.0 Å². The maximum Gasteiger partial charge on any atom is 0.410 e. The van der Waals surface area contributed by atoms with E-state index in [1.54, 1.807) is 24.3 Å². The first-order valence-corrected chi connectivity index (χ1v) is 11.6. The summed E-state index contributed by atoms with van der Waals surface area (Å²) in [5.41, 5.74) is 3.50. The van der Waals surface area contributed by atoms with Gasteiger partial charge in [0.1, 0.15) is 11.1 Å². The minimum atomic E-state index is -0.361. The summed E-state index contributed by atoms with van der Waals surface area (Å²) in [5.74, 6) is 0.436. The minimum absolute atomic E-state index is 0. The molecule has 3 aromatic heterocycles. The van der Waals surface area contributed by atoms with Crippen molar-refractivity contribution in [3.63, 3.8) is 0 Å². The number of hydrogen-bond acceptors (Lipinski definition) is 7. The van der Waals surface area contributed by atoms with Crippen LogP contribution in [0.15, 0.2) is 41.5 Å². The number of anilines is 2. The van der Waals surface area contributed by atoms with Gasteiger partial charge in [0.15, 0.2) is 5.65 Å². The molecule has 35 heavy (non-hydrogen) atoms. The summed E-state index contributed by atoms with van der Waals surface area (Å²) < 4.78 is 6.69. The zero-order valence-corrected chi connectivity index (χ0v) is 20.8. The van der Waals surface area contributed by atoms with Crippen molar-refractivity contribution in [2.24, 2.45) is 7.05 Å². The highest BCUT2D eigenvalue weighted by Gasteiger charge is 2.23. The number of amides is 1. The number of aryl methyl sites for hydroxylation is 2. The van der Waals surface area contributed by atoms with Gasteiger partial charge in [-0.05, 0) is 64.3 Å². The Morgan fingerprint density at radius 2 is 1.94 bits per heavy atom. The van der Waals surface area contributed by atoms with E-state index in [4.69, 9.17) is 4.74 Å². The summed E-state index contributed by atoms with van der Waals surface area (Å²) in [4.78, 5) is 40.4. The Kier molecular flexibility index (Phi) is 6.72. The van der Waals surface area contributed by atoms with Gasteiger partial charge in [-0.1, -0.05) is 6.07 Å². The standard InChI is InChI=1S/C16H14N6O.C9H17NO2.H2/c1-9-6-12-10(4-3-5-17-12)7-11(9)19-15-18-8-13-14(20-15)21-16(23)22(13)2;1-9(2,3)12-8(11)10-6-4-5-7-10;/h3-8H,1-2H3,(H2,18,19,20,21,23);4-7H2,1-3H3;1H. The van der Waals surface area contributed by atoms with Gasteiger partial charge in [-0.15, -0.1) is 0 Å². The second-order valence-electron chi connectivity index (χ2n) is 9.58. The van der Waals surface area contributed by atoms with E-state index in [1.807, 2.05) is 52.0 Å². The summed E-state index contributed by atoms with van der Waals surface area (Å²) in [6.07, 6.45) is 5.46. The van der Waals surface area contributed by atoms with Crippen LogP contribution in [0, 0.1) is 6.92 Å². The molecule has 0 bridgehead atoms. The third-order valence-corrected chi connectivity index (χ3v) is 5.61. The average molecular weight is 480 g/mol. The van der Waals surface area contributed by atoms with Crippen molar-refractivity contribution in [2.75, 3.05) is 18.4 Å². The maximum atomic E-state index is 11.6. The Balaban J connectivity index is 0.000000237. The molecule has 0 atom stereocenters. The van der Waals surface area contributed by atoms with Gasteiger partial charge in [-0.2, -0.15) is 4.98 Å². The molecule has 0 unspecified atom stereocenters. The molecule has 5 rings (SSSR count). The molecule has 1 aliphatic heterocycles. The molecule has 1 saturated heterocycles. The number of aromatic nitrogens is 5. The van der Waals surface area contributed by atoms with Crippen LogP contribution in [0.5, 0.6) is 0 Å². The fourth-order valence-corrected chi connectivity index (χ4v) is 3.77. The molecule has 1 aromatic carbocycles. The lowest BCUT2D eigenvalue weighted by atomic mass is 10.1. The van der Waals surface area contributed by atoms with E-state index >= 15 is 0 Å². The Labute approximate surface area is 204 Å². The smallest absolute Gasteiger partial charge is 0.410 e. The summed E-state index contributed by atoms with van der Waals surface area (Å²) in [6.45, 7) is 9.38. The van der Waals surface area contributed by atoms with Crippen molar-refractivity contribution in [1.29, 1.82) is 0 Å². The molecule has 4 heterocycles. The van der Waals surface area contributed by atoms with Crippen LogP contribution in [-0.4, -0.2) is 54.2 Å². The molecule has 1 fully saturated rings. The summed E-state index contributed by atoms with van der Waals surface area (Å²) in [5, 5.41) is 4.24. The third-order valence-electron chi connectivity index (χ3n) is 5.61. The SMILES string of the molecule is CC(C)(C)OC(=O)N1CCCC1.Cc1cc2ncccc2cc1Nc1ncc2c(n1)[nH]c(=O)n2C.[HH]. The molecule has 0 aliphatic carbocycles. The van der Waals surface area contributed by atoms with Gasteiger partial charge in [-0.25, -0.2) is 14.6 Å². The van der Waals surface area contributed by atoms with Crippen molar-refractivity contribution < 1.29 is 11.0 Å². The highest BCUT2D eigenvalue weighted by atomic mass is 16.6. The molecule has 10 heteroatoms. The van der Waals surface area contributed by atoms with Crippen molar-refractivity contribution in [3.8, 4) is 0 Å². The molecule has 4 aromatic rings. The van der Waals surface area contributed by atoms with Gasteiger partial charge in [0.25, 0.3) is 0 Å². The second kappa shape index (κ2) is 9.73. The predicted molar refractivity (Wildman–Crippen MR) is 138 cm³/mol. The number of ether oxygens (including phenoxy) is 1. The van der Waals surface area contributed by atoms with Crippen molar-refractivity contribution in [3.05, 3.63) is 52.7 Å². The van der Waals surface area contributed by atoms with E-state index in [1.165, 1.54) is 4.57 Å². The predicted octanol–water partition coefficient (Wildman–Crippen LogP) is 4.52. The monoisotopic (exact) mass is 479 g/mol. The van der Waals surface area contributed by atoms with Crippen LogP contribution in [0.3, 0.4) is 0 Å². The second-order valence-corrected chi connectivity index (χ2v) is 9.58. The van der Waals surface area contributed by atoms with Crippen LogP contribution in [0.4, 0.5) is 16.4 Å². The van der Waals surface area contributed by atoms with Gasteiger partial charge in [-0.3, -0.25) is 14.5 Å². The normalized spacial score (nSPS) is 13.6. The lowest BCUT2D eigenvalue weighted by Gasteiger charge is -2.23. The number of carbonyl (C=O) groups excluding carboxylic acids is 1. The van der Waals surface area contributed by atoms with Crippen LogP contribution in [0.1, 0.15) is 40.6 Å². The molecule has 0 spiro atoms. The van der Waals surface area contributed by atoms with Crippen LogP contribution in [0.25, 0.3) is 22.1 Å². The number of aromatic amines is 1. The molecule has 186 valence electrons. The van der Waals surface area contributed by atoms with E-state index in [9.17, 15) is 9.59 Å². The van der Waals surface area contributed by atoms with E-state index in [-0.39, 0.29) is 18.8 Å². The van der Waals surface area contributed by atoms with Crippen molar-refractivity contribution in [2.45, 2.75) is 46.1 Å². The van der Waals surface area contributed by atoms with Gasteiger partial charge < -0.3 is 15.0 Å².